The van der Waals surface area contributed by atoms with E-state index in [1.54, 1.807) is 6.20 Å². The average Bonchev–Trinajstić information content (AvgIpc) is 3.08. The molecule has 0 aliphatic carbocycles. The van der Waals surface area contributed by atoms with Crippen molar-refractivity contribution in [1.29, 1.82) is 0 Å². The summed E-state index contributed by atoms with van der Waals surface area (Å²) in [7, 11) is 0. The van der Waals surface area contributed by atoms with Crippen molar-refractivity contribution < 1.29 is 8.94 Å². The van der Waals surface area contributed by atoms with Crippen LogP contribution in [0, 0.1) is 0 Å². The Bertz CT molecular complexity index is 632. The molecule has 0 aliphatic heterocycles. The molecule has 0 amide bonds. The molecule has 0 atom stereocenters. The van der Waals surface area contributed by atoms with Gasteiger partial charge in [0.25, 0.3) is 0 Å². The van der Waals surface area contributed by atoms with Crippen LogP contribution in [0.3, 0.4) is 0 Å². The number of nitrogens with zero attached hydrogens (tertiary/aromatic N) is 2. The number of para-hydroxylation sites is 3. The van der Waals surface area contributed by atoms with Crippen LogP contribution in [-0.2, 0) is 0 Å². The van der Waals surface area contributed by atoms with E-state index in [4.69, 9.17) is 8.94 Å². The minimum absolute atomic E-state index is 0.845. The van der Waals surface area contributed by atoms with Gasteiger partial charge in [0.1, 0.15) is 5.52 Å². The molecule has 2 heterocycles. The quantitative estimate of drug-likeness (QED) is 0.469. The number of benzene rings is 2. The van der Waals surface area contributed by atoms with Gasteiger partial charge in [-0.3, -0.25) is 0 Å². The van der Waals surface area contributed by atoms with Crippen molar-refractivity contribution in [2.45, 2.75) is 0 Å². The minimum atomic E-state index is 0.845. The van der Waals surface area contributed by atoms with E-state index >= 15 is 0 Å². The van der Waals surface area contributed by atoms with Gasteiger partial charge in [0.15, 0.2) is 17.6 Å². The Hall–Kier alpha value is -2.62. The average molecular weight is 238 g/mol. The first-order valence-electron chi connectivity index (χ1n) is 5.51. The highest BCUT2D eigenvalue weighted by Crippen LogP contribution is 2.10. The first-order chi connectivity index (χ1) is 8.93. The number of oxazole rings is 1. The lowest BCUT2D eigenvalue weighted by Gasteiger charge is -1.79. The van der Waals surface area contributed by atoms with Gasteiger partial charge in [-0.15, -0.1) is 0 Å². The second kappa shape index (κ2) is 4.71. The van der Waals surface area contributed by atoms with Gasteiger partial charge in [-0.1, -0.05) is 29.4 Å². The van der Waals surface area contributed by atoms with Gasteiger partial charge < -0.3 is 8.94 Å². The lowest BCUT2D eigenvalue weighted by Crippen LogP contribution is -1.61. The Morgan fingerprint density at radius 1 is 0.833 bits per heavy atom. The van der Waals surface area contributed by atoms with Crippen LogP contribution in [0.1, 0.15) is 0 Å². The Kier molecular flexibility index (Phi) is 2.75. The van der Waals surface area contributed by atoms with E-state index in [-0.39, 0.29) is 0 Å². The summed E-state index contributed by atoms with van der Waals surface area (Å²) in [6, 6.07) is 15.4. The zero-order chi connectivity index (χ0) is 12.2. The van der Waals surface area contributed by atoms with Crippen molar-refractivity contribution in [3.63, 3.8) is 0 Å². The predicted octanol–water partition coefficient (Wildman–Crippen LogP) is 3.66. The van der Waals surface area contributed by atoms with Crippen molar-refractivity contribution in [1.82, 2.24) is 10.1 Å². The maximum atomic E-state index is 5.01. The third-order valence-corrected chi connectivity index (χ3v) is 2.50. The Labute approximate surface area is 103 Å². The van der Waals surface area contributed by atoms with Gasteiger partial charge in [-0.05, 0) is 24.3 Å². The summed E-state index contributed by atoms with van der Waals surface area (Å²) in [6.07, 6.45) is 3.15. The molecule has 4 heteroatoms. The lowest BCUT2D eigenvalue weighted by atomic mass is 10.3. The highest BCUT2D eigenvalue weighted by Gasteiger charge is 1.92. The maximum absolute atomic E-state index is 5.01. The number of rotatable bonds is 0. The van der Waals surface area contributed by atoms with Gasteiger partial charge in [0, 0.05) is 5.39 Å². The molecule has 4 aromatic rings. The monoisotopic (exact) mass is 238 g/mol. The highest BCUT2D eigenvalue weighted by atomic mass is 16.5. The summed E-state index contributed by atoms with van der Waals surface area (Å²) >= 11 is 0. The van der Waals surface area contributed by atoms with E-state index in [2.05, 4.69) is 10.1 Å². The Balaban J connectivity index is 0.000000111. The summed E-state index contributed by atoms with van der Waals surface area (Å²) in [6.45, 7) is 0. The molecule has 0 spiro atoms. The van der Waals surface area contributed by atoms with Crippen LogP contribution in [-0.4, -0.2) is 10.1 Å². The van der Waals surface area contributed by atoms with E-state index in [1.165, 1.54) is 6.39 Å². The zero-order valence-electron chi connectivity index (χ0n) is 9.48. The summed E-state index contributed by atoms with van der Waals surface area (Å²) in [4.78, 5) is 3.95. The molecule has 0 unspecified atom stereocenters. The molecule has 0 N–H and O–H groups in total. The van der Waals surface area contributed by atoms with Crippen LogP contribution >= 0.6 is 0 Å². The molecular weight excluding hydrogens is 228 g/mol. The maximum Gasteiger partial charge on any atom is 0.181 e. The summed E-state index contributed by atoms with van der Waals surface area (Å²) in [5, 5.41) is 4.68. The normalized spacial score (nSPS) is 10.2. The molecule has 0 saturated carbocycles. The fourth-order valence-electron chi connectivity index (χ4n) is 1.61. The van der Waals surface area contributed by atoms with Crippen LogP contribution in [0.5, 0.6) is 0 Å². The summed E-state index contributed by atoms with van der Waals surface area (Å²) < 4.78 is 9.87. The van der Waals surface area contributed by atoms with E-state index in [0.717, 1.165) is 22.1 Å². The third-order valence-electron chi connectivity index (χ3n) is 2.50. The van der Waals surface area contributed by atoms with Crippen LogP contribution < -0.4 is 0 Å². The smallest absolute Gasteiger partial charge is 0.181 e. The molecular formula is C14H10N2O2. The van der Waals surface area contributed by atoms with E-state index in [9.17, 15) is 0 Å². The molecule has 0 bridgehead atoms. The van der Waals surface area contributed by atoms with Gasteiger partial charge in [0.05, 0.1) is 6.20 Å². The molecule has 88 valence electrons. The van der Waals surface area contributed by atoms with Crippen molar-refractivity contribution in [2.24, 2.45) is 0 Å². The first kappa shape index (κ1) is 10.5. The van der Waals surface area contributed by atoms with Crippen molar-refractivity contribution in [3.8, 4) is 0 Å². The number of hydrogen-bond donors (Lipinski definition) is 0. The standard InChI is InChI=1S/2C7H5NO/c1-2-4-7-6(3-1)8-5-9-7;1-2-4-7-6(3-1)5-8-9-7/h2*1-5H. The van der Waals surface area contributed by atoms with Crippen molar-refractivity contribution in [2.75, 3.05) is 0 Å². The van der Waals surface area contributed by atoms with Gasteiger partial charge >= 0.3 is 0 Å². The van der Waals surface area contributed by atoms with Crippen LogP contribution in [0.2, 0.25) is 0 Å². The van der Waals surface area contributed by atoms with Gasteiger partial charge in [0.2, 0.25) is 0 Å². The van der Waals surface area contributed by atoms with Crippen LogP contribution in [0.4, 0.5) is 0 Å². The highest BCUT2D eigenvalue weighted by molar-refractivity contribution is 5.75. The molecule has 4 rings (SSSR count). The first-order valence-corrected chi connectivity index (χ1v) is 5.51. The van der Waals surface area contributed by atoms with Crippen LogP contribution in [0.25, 0.3) is 22.1 Å². The molecule has 0 fully saturated rings. The predicted molar refractivity (Wildman–Crippen MR) is 68.0 cm³/mol. The summed E-state index contributed by atoms with van der Waals surface area (Å²) in [5.74, 6) is 0. The number of hydrogen-bond acceptors (Lipinski definition) is 4. The number of aromatic nitrogens is 2. The fourth-order valence-corrected chi connectivity index (χ4v) is 1.61. The van der Waals surface area contributed by atoms with E-state index < -0.39 is 0 Å². The molecule has 4 nitrogen and oxygen atoms in total. The molecule has 2 aromatic heterocycles. The van der Waals surface area contributed by atoms with E-state index in [0.29, 0.717) is 0 Å². The van der Waals surface area contributed by atoms with E-state index in [1.807, 2.05) is 48.5 Å². The van der Waals surface area contributed by atoms with Crippen LogP contribution in [0.15, 0.2) is 70.1 Å². The SMILES string of the molecule is c1ccc2ocnc2c1.c1ccc2oncc2c1. The van der Waals surface area contributed by atoms with Gasteiger partial charge in [-0.25, -0.2) is 4.98 Å². The molecule has 18 heavy (non-hydrogen) atoms. The molecule has 0 aliphatic rings. The second-order valence-electron chi connectivity index (χ2n) is 3.68. The minimum Gasteiger partial charge on any atom is -0.443 e. The third kappa shape index (κ3) is 2.08. The second-order valence-corrected chi connectivity index (χ2v) is 3.68. The van der Waals surface area contributed by atoms with Crippen molar-refractivity contribution in [3.05, 3.63) is 61.1 Å². The Morgan fingerprint density at radius 3 is 2.44 bits per heavy atom. The number of fused-ring (bicyclic) bond motifs is 2. The Morgan fingerprint density at radius 2 is 1.61 bits per heavy atom. The van der Waals surface area contributed by atoms with Crippen molar-refractivity contribution >= 4 is 22.1 Å². The summed E-state index contributed by atoms with van der Waals surface area (Å²) in [5.41, 5.74) is 2.60. The molecule has 0 saturated heterocycles. The largest absolute Gasteiger partial charge is 0.443 e. The molecule has 2 aromatic carbocycles. The lowest BCUT2D eigenvalue weighted by molar-refractivity contribution is 0.456. The van der Waals surface area contributed by atoms with Gasteiger partial charge in [-0.2, -0.15) is 0 Å². The molecule has 0 radical (unpaired) electrons. The zero-order valence-corrected chi connectivity index (χ0v) is 9.48. The topological polar surface area (TPSA) is 52.1 Å². The fraction of sp³-hybridized carbons (Fsp3) is 0.